The van der Waals surface area contributed by atoms with Crippen molar-refractivity contribution in [2.75, 3.05) is 14.1 Å². The number of aromatic nitrogens is 4. The minimum absolute atomic E-state index is 0.185. The van der Waals surface area contributed by atoms with Gasteiger partial charge in [0.15, 0.2) is 11.3 Å². The summed E-state index contributed by atoms with van der Waals surface area (Å²) >= 11 is 0. The fourth-order valence-corrected chi connectivity index (χ4v) is 2.97. The van der Waals surface area contributed by atoms with Crippen LogP contribution in [0, 0.1) is 6.92 Å². The van der Waals surface area contributed by atoms with Crippen molar-refractivity contribution in [3.8, 4) is 16.9 Å². The Labute approximate surface area is 157 Å². The van der Waals surface area contributed by atoms with Crippen LogP contribution in [-0.2, 0) is 0 Å². The second-order valence-electron chi connectivity index (χ2n) is 6.49. The first-order chi connectivity index (χ1) is 13.1. The number of nitrogens with zero attached hydrogens (tertiary/aromatic N) is 5. The molecule has 0 saturated carbocycles. The molecule has 4 aromatic rings. The zero-order valence-corrected chi connectivity index (χ0v) is 15.4. The Morgan fingerprint density at radius 3 is 2.19 bits per heavy atom. The first-order valence-electron chi connectivity index (χ1n) is 8.66. The van der Waals surface area contributed by atoms with E-state index >= 15 is 0 Å². The fourth-order valence-electron chi connectivity index (χ4n) is 2.97. The van der Waals surface area contributed by atoms with E-state index in [4.69, 9.17) is 4.98 Å². The average molecular weight is 357 g/mol. The number of carbonyl (C=O) groups is 1. The van der Waals surface area contributed by atoms with Gasteiger partial charge in [0.25, 0.3) is 5.91 Å². The maximum Gasteiger partial charge on any atom is 0.274 e. The molecule has 6 heteroatoms. The summed E-state index contributed by atoms with van der Waals surface area (Å²) in [5.41, 5.74) is 4.62. The Morgan fingerprint density at radius 1 is 0.926 bits per heavy atom. The van der Waals surface area contributed by atoms with Crippen LogP contribution in [0.4, 0.5) is 0 Å². The van der Waals surface area contributed by atoms with Crippen molar-refractivity contribution in [3.63, 3.8) is 0 Å². The molecule has 0 bridgehead atoms. The number of rotatable bonds is 3. The summed E-state index contributed by atoms with van der Waals surface area (Å²) in [6.07, 6.45) is 0. The summed E-state index contributed by atoms with van der Waals surface area (Å²) in [5.74, 6) is -0.185. The van der Waals surface area contributed by atoms with Gasteiger partial charge in [-0.05, 0) is 19.1 Å². The summed E-state index contributed by atoms with van der Waals surface area (Å²) < 4.78 is 1.77. The first kappa shape index (κ1) is 16.9. The molecule has 2 aromatic heterocycles. The van der Waals surface area contributed by atoms with Gasteiger partial charge in [0, 0.05) is 19.7 Å². The maximum absolute atomic E-state index is 12.8. The van der Waals surface area contributed by atoms with Crippen molar-refractivity contribution in [3.05, 3.63) is 72.1 Å². The molecule has 2 aromatic carbocycles. The Morgan fingerprint density at radius 2 is 1.56 bits per heavy atom. The molecular formula is C21H19N5O. The van der Waals surface area contributed by atoms with E-state index in [1.807, 2.05) is 67.6 Å². The highest BCUT2D eigenvalue weighted by molar-refractivity contribution is 5.99. The van der Waals surface area contributed by atoms with Gasteiger partial charge in [0.05, 0.1) is 11.4 Å². The van der Waals surface area contributed by atoms with Crippen LogP contribution in [-0.4, -0.2) is 44.7 Å². The van der Waals surface area contributed by atoms with Crippen molar-refractivity contribution in [1.82, 2.24) is 24.6 Å². The Bertz CT molecular complexity index is 1120. The van der Waals surface area contributed by atoms with E-state index in [1.165, 1.54) is 4.90 Å². The Balaban J connectivity index is 2.04. The van der Waals surface area contributed by atoms with Crippen LogP contribution in [0.3, 0.4) is 0 Å². The predicted octanol–water partition coefficient (Wildman–Crippen LogP) is 3.49. The van der Waals surface area contributed by atoms with E-state index in [-0.39, 0.29) is 5.91 Å². The van der Waals surface area contributed by atoms with Gasteiger partial charge < -0.3 is 4.90 Å². The molecule has 1 amide bonds. The fraction of sp³-hybridized carbons (Fsp3) is 0.143. The number of aryl methyl sites for hydroxylation is 1. The van der Waals surface area contributed by atoms with E-state index in [9.17, 15) is 4.79 Å². The molecule has 4 rings (SSSR count). The van der Waals surface area contributed by atoms with E-state index in [0.29, 0.717) is 22.6 Å². The number of para-hydroxylation sites is 1. The lowest BCUT2D eigenvalue weighted by atomic mass is 10.1. The van der Waals surface area contributed by atoms with Gasteiger partial charge in [-0.3, -0.25) is 4.79 Å². The molecular weight excluding hydrogens is 338 g/mol. The molecule has 0 spiro atoms. The molecule has 0 N–H and O–H groups in total. The van der Waals surface area contributed by atoms with Crippen molar-refractivity contribution < 1.29 is 4.79 Å². The summed E-state index contributed by atoms with van der Waals surface area (Å²) in [6.45, 7) is 1.88. The standard InChI is InChI=1S/C21H19N5O/c1-14-17-20(26(24-14)16-12-8-5-9-13-16)23-18(15-10-6-4-7-11-15)19(22-17)21(27)25(2)3/h4-13H,1-3H3. The summed E-state index contributed by atoms with van der Waals surface area (Å²) in [4.78, 5) is 23.8. The molecule has 0 atom stereocenters. The molecule has 134 valence electrons. The molecule has 0 unspecified atom stereocenters. The summed E-state index contributed by atoms with van der Waals surface area (Å²) in [7, 11) is 3.42. The first-order valence-corrected chi connectivity index (χ1v) is 8.66. The monoisotopic (exact) mass is 357 g/mol. The third-order valence-corrected chi connectivity index (χ3v) is 4.33. The van der Waals surface area contributed by atoms with Gasteiger partial charge in [-0.25, -0.2) is 14.6 Å². The number of fused-ring (bicyclic) bond motifs is 1. The number of carbonyl (C=O) groups excluding carboxylic acids is 1. The maximum atomic E-state index is 12.8. The van der Waals surface area contributed by atoms with Crippen LogP contribution >= 0.6 is 0 Å². The Hall–Kier alpha value is -3.54. The second-order valence-corrected chi connectivity index (χ2v) is 6.49. The van der Waals surface area contributed by atoms with Crippen LogP contribution in [0.15, 0.2) is 60.7 Å². The molecule has 0 aliphatic rings. The average Bonchev–Trinajstić information content (AvgIpc) is 3.03. The molecule has 0 radical (unpaired) electrons. The summed E-state index contributed by atoms with van der Waals surface area (Å²) in [5, 5.41) is 4.61. The highest BCUT2D eigenvalue weighted by atomic mass is 16.2. The molecule has 0 fully saturated rings. The molecule has 6 nitrogen and oxygen atoms in total. The van der Waals surface area contributed by atoms with Gasteiger partial charge in [-0.2, -0.15) is 5.10 Å². The summed E-state index contributed by atoms with van der Waals surface area (Å²) in [6, 6.07) is 19.4. The third-order valence-electron chi connectivity index (χ3n) is 4.33. The number of hydrogen-bond acceptors (Lipinski definition) is 4. The highest BCUT2D eigenvalue weighted by Gasteiger charge is 2.22. The quantitative estimate of drug-likeness (QED) is 0.563. The highest BCUT2D eigenvalue weighted by Crippen LogP contribution is 2.26. The van der Waals surface area contributed by atoms with E-state index in [2.05, 4.69) is 10.1 Å². The molecule has 0 aliphatic carbocycles. The van der Waals surface area contributed by atoms with Crippen molar-refractivity contribution in [2.45, 2.75) is 6.92 Å². The predicted molar refractivity (Wildman–Crippen MR) is 105 cm³/mol. The minimum Gasteiger partial charge on any atom is -0.343 e. The minimum atomic E-state index is -0.185. The van der Waals surface area contributed by atoms with Gasteiger partial charge >= 0.3 is 0 Å². The van der Waals surface area contributed by atoms with Crippen LogP contribution in [0.1, 0.15) is 16.2 Å². The van der Waals surface area contributed by atoms with Gasteiger partial charge in [-0.15, -0.1) is 0 Å². The second kappa shape index (κ2) is 6.64. The van der Waals surface area contributed by atoms with E-state index < -0.39 is 0 Å². The molecule has 0 saturated heterocycles. The zero-order valence-electron chi connectivity index (χ0n) is 15.4. The van der Waals surface area contributed by atoms with Crippen LogP contribution in [0.25, 0.3) is 28.1 Å². The van der Waals surface area contributed by atoms with Gasteiger partial charge in [-0.1, -0.05) is 48.5 Å². The van der Waals surface area contributed by atoms with Crippen LogP contribution in [0.5, 0.6) is 0 Å². The lowest BCUT2D eigenvalue weighted by Crippen LogP contribution is -2.24. The SMILES string of the molecule is Cc1nn(-c2ccccc2)c2nc(-c3ccccc3)c(C(=O)N(C)C)nc12. The number of amides is 1. The molecule has 2 heterocycles. The number of benzene rings is 2. The molecule has 0 aliphatic heterocycles. The zero-order chi connectivity index (χ0) is 19.0. The van der Waals surface area contributed by atoms with E-state index in [1.54, 1.807) is 18.8 Å². The van der Waals surface area contributed by atoms with Crippen LogP contribution < -0.4 is 0 Å². The van der Waals surface area contributed by atoms with Crippen molar-refractivity contribution in [1.29, 1.82) is 0 Å². The van der Waals surface area contributed by atoms with Gasteiger partial charge in [0.1, 0.15) is 11.2 Å². The van der Waals surface area contributed by atoms with Gasteiger partial charge in [0.2, 0.25) is 0 Å². The van der Waals surface area contributed by atoms with Crippen molar-refractivity contribution >= 4 is 17.1 Å². The van der Waals surface area contributed by atoms with E-state index in [0.717, 1.165) is 16.9 Å². The smallest absolute Gasteiger partial charge is 0.274 e. The lowest BCUT2D eigenvalue weighted by molar-refractivity contribution is 0.0823. The normalized spacial score (nSPS) is 10.9. The molecule has 27 heavy (non-hydrogen) atoms. The number of hydrogen-bond donors (Lipinski definition) is 0. The largest absolute Gasteiger partial charge is 0.343 e. The lowest BCUT2D eigenvalue weighted by Gasteiger charge is -2.13. The third kappa shape index (κ3) is 2.95. The van der Waals surface area contributed by atoms with Crippen molar-refractivity contribution in [2.24, 2.45) is 0 Å². The Kier molecular flexibility index (Phi) is 4.16. The van der Waals surface area contributed by atoms with Crippen LogP contribution in [0.2, 0.25) is 0 Å². The topological polar surface area (TPSA) is 63.9 Å².